The van der Waals surface area contributed by atoms with Crippen LogP contribution < -0.4 is 21.3 Å². The standard InChI is InChI=1S/C35H48N4O8/c1-7-45-30(40)19-18-27(22-36-33(43)47-35(4,5)6)37-31(41)29(21-25-14-10-8-11-15-25)38-32(42)28(20-24(2)3)39-34(44)46-23-26-16-12-9-13-17-26/h8-19,24,27-29H,7,20-23H2,1-6H3,(H,36,43)(H,37,41)(H,38,42)(H,39,44)/b19-18+/t27-,28+,29+/m1/s1. The fourth-order valence-electron chi connectivity index (χ4n) is 4.28. The van der Waals surface area contributed by atoms with Crippen LogP contribution in [0.5, 0.6) is 0 Å². The van der Waals surface area contributed by atoms with Gasteiger partial charge in [0.05, 0.1) is 12.6 Å². The summed E-state index contributed by atoms with van der Waals surface area (Å²) in [7, 11) is 0. The molecule has 3 atom stereocenters. The molecule has 0 spiro atoms. The number of amides is 4. The Balaban J connectivity index is 2.24. The van der Waals surface area contributed by atoms with Gasteiger partial charge in [0.15, 0.2) is 0 Å². The zero-order valence-corrected chi connectivity index (χ0v) is 28.0. The van der Waals surface area contributed by atoms with Crippen LogP contribution in [0.25, 0.3) is 0 Å². The van der Waals surface area contributed by atoms with Crippen molar-refractivity contribution in [1.29, 1.82) is 0 Å². The first-order chi connectivity index (χ1) is 22.3. The van der Waals surface area contributed by atoms with E-state index in [9.17, 15) is 24.0 Å². The van der Waals surface area contributed by atoms with E-state index in [1.807, 2.05) is 74.5 Å². The van der Waals surface area contributed by atoms with E-state index < -0.39 is 53.7 Å². The SMILES string of the molecule is CCOC(=O)/C=C/[C@H](CNC(=O)OC(C)(C)C)NC(=O)[C@H](Cc1ccccc1)NC(=O)[C@H](CC(C)C)NC(=O)OCc1ccccc1. The third-order valence-corrected chi connectivity index (χ3v) is 6.39. The minimum Gasteiger partial charge on any atom is -0.463 e. The van der Waals surface area contributed by atoms with Crippen molar-refractivity contribution in [1.82, 2.24) is 21.3 Å². The van der Waals surface area contributed by atoms with Crippen molar-refractivity contribution in [2.75, 3.05) is 13.2 Å². The van der Waals surface area contributed by atoms with Gasteiger partial charge in [-0.3, -0.25) is 9.59 Å². The molecule has 2 aromatic carbocycles. The predicted octanol–water partition coefficient (Wildman–Crippen LogP) is 4.18. The van der Waals surface area contributed by atoms with Crippen molar-refractivity contribution < 1.29 is 38.2 Å². The molecular formula is C35H48N4O8. The van der Waals surface area contributed by atoms with Gasteiger partial charge in [-0.05, 0) is 51.2 Å². The van der Waals surface area contributed by atoms with Crippen molar-refractivity contribution in [3.05, 3.63) is 83.9 Å². The molecule has 4 N–H and O–H groups in total. The maximum atomic E-state index is 13.7. The Labute approximate surface area is 277 Å². The number of nitrogens with one attached hydrogen (secondary N) is 4. The zero-order valence-electron chi connectivity index (χ0n) is 28.0. The van der Waals surface area contributed by atoms with Crippen molar-refractivity contribution in [2.45, 2.75) is 84.7 Å². The highest BCUT2D eigenvalue weighted by Crippen LogP contribution is 2.10. The van der Waals surface area contributed by atoms with Crippen LogP contribution in [-0.2, 0) is 41.6 Å². The molecule has 0 fully saturated rings. The van der Waals surface area contributed by atoms with E-state index in [2.05, 4.69) is 21.3 Å². The lowest BCUT2D eigenvalue weighted by atomic mass is 10.0. The summed E-state index contributed by atoms with van der Waals surface area (Å²) >= 11 is 0. The van der Waals surface area contributed by atoms with Gasteiger partial charge < -0.3 is 35.5 Å². The summed E-state index contributed by atoms with van der Waals surface area (Å²) in [5.74, 6) is -1.75. The molecule has 0 aliphatic carbocycles. The molecule has 0 saturated carbocycles. The van der Waals surface area contributed by atoms with E-state index in [1.54, 1.807) is 27.7 Å². The molecule has 0 heterocycles. The Morgan fingerprint density at radius 2 is 1.36 bits per heavy atom. The lowest BCUT2D eigenvalue weighted by Crippen LogP contribution is -2.56. The number of carbonyl (C=O) groups excluding carboxylic acids is 5. The number of esters is 1. The van der Waals surface area contributed by atoms with Crippen molar-refractivity contribution in [3.8, 4) is 0 Å². The van der Waals surface area contributed by atoms with E-state index in [0.717, 1.165) is 17.2 Å². The maximum Gasteiger partial charge on any atom is 0.408 e. The third kappa shape index (κ3) is 16.3. The lowest BCUT2D eigenvalue weighted by molar-refractivity contribution is -0.137. The van der Waals surface area contributed by atoms with E-state index in [-0.39, 0.29) is 38.5 Å². The molecule has 0 aliphatic rings. The molecule has 47 heavy (non-hydrogen) atoms. The summed E-state index contributed by atoms with van der Waals surface area (Å²) in [5, 5.41) is 10.8. The van der Waals surface area contributed by atoms with Gasteiger partial charge in [-0.2, -0.15) is 0 Å². The average molecular weight is 653 g/mol. The molecule has 4 amide bonds. The van der Waals surface area contributed by atoms with E-state index in [1.165, 1.54) is 6.08 Å². The predicted molar refractivity (Wildman–Crippen MR) is 177 cm³/mol. The van der Waals surface area contributed by atoms with Gasteiger partial charge >= 0.3 is 18.2 Å². The number of carbonyl (C=O) groups is 5. The monoisotopic (exact) mass is 652 g/mol. The maximum absolute atomic E-state index is 13.7. The molecule has 2 aromatic rings. The summed E-state index contributed by atoms with van der Waals surface area (Å²) < 4.78 is 15.6. The number of hydrogen-bond donors (Lipinski definition) is 4. The summed E-state index contributed by atoms with van der Waals surface area (Å²) in [6.45, 7) is 10.7. The Hall–Kier alpha value is -4.87. The first kappa shape index (κ1) is 38.3. The number of benzene rings is 2. The first-order valence-electron chi connectivity index (χ1n) is 15.7. The molecule has 12 nitrogen and oxygen atoms in total. The molecule has 0 aliphatic heterocycles. The van der Waals surface area contributed by atoms with E-state index >= 15 is 0 Å². The topological polar surface area (TPSA) is 161 Å². The van der Waals surface area contributed by atoms with Crippen LogP contribution in [0.4, 0.5) is 9.59 Å². The van der Waals surface area contributed by atoms with Gasteiger partial charge in [0, 0.05) is 19.0 Å². The number of alkyl carbamates (subject to hydrolysis) is 2. The van der Waals surface area contributed by atoms with Gasteiger partial charge in [-0.15, -0.1) is 0 Å². The minimum atomic E-state index is -1.08. The average Bonchev–Trinajstić information content (AvgIpc) is 3.00. The van der Waals surface area contributed by atoms with Gasteiger partial charge in [-0.25, -0.2) is 14.4 Å². The van der Waals surface area contributed by atoms with Crippen molar-refractivity contribution in [3.63, 3.8) is 0 Å². The van der Waals surface area contributed by atoms with Gasteiger partial charge in [-0.1, -0.05) is 80.6 Å². The summed E-state index contributed by atoms with van der Waals surface area (Å²) in [4.78, 5) is 64.4. The van der Waals surface area contributed by atoms with Crippen LogP contribution >= 0.6 is 0 Å². The smallest absolute Gasteiger partial charge is 0.408 e. The zero-order chi connectivity index (χ0) is 34.8. The normalized spacial score (nSPS) is 13.2. The second kappa shape index (κ2) is 19.6. The van der Waals surface area contributed by atoms with Gasteiger partial charge in [0.25, 0.3) is 0 Å². The minimum absolute atomic E-state index is 0.0258. The Morgan fingerprint density at radius 3 is 1.94 bits per heavy atom. The molecule has 0 bridgehead atoms. The first-order valence-corrected chi connectivity index (χ1v) is 15.7. The highest BCUT2D eigenvalue weighted by molar-refractivity contribution is 5.92. The summed E-state index contributed by atoms with van der Waals surface area (Å²) in [6, 6.07) is 15.3. The van der Waals surface area contributed by atoms with Crippen LogP contribution in [0.3, 0.4) is 0 Å². The molecular weight excluding hydrogens is 604 g/mol. The number of rotatable bonds is 16. The summed E-state index contributed by atoms with van der Waals surface area (Å²) in [6.07, 6.45) is 1.48. The highest BCUT2D eigenvalue weighted by Gasteiger charge is 2.29. The highest BCUT2D eigenvalue weighted by atomic mass is 16.6. The largest absolute Gasteiger partial charge is 0.463 e. The van der Waals surface area contributed by atoms with Crippen LogP contribution in [0.1, 0.15) is 59.1 Å². The molecule has 2 rings (SSSR count). The summed E-state index contributed by atoms with van der Waals surface area (Å²) in [5.41, 5.74) is 0.817. The fraction of sp³-hybridized carbons (Fsp3) is 0.457. The van der Waals surface area contributed by atoms with Gasteiger partial charge in [0.1, 0.15) is 24.3 Å². The molecule has 256 valence electrons. The molecule has 0 aromatic heterocycles. The van der Waals surface area contributed by atoms with Crippen LogP contribution in [-0.4, -0.2) is 66.8 Å². The Morgan fingerprint density at radius 1 is 0.766 bits per heavy atom. The second-order valence-electron chi connectivity index (χ2n) is 12.2. The number of hydrogen-bond acceptors (Lipinski definition) is 8. The van der Waals surface area contributed by atoms with Crippen LogP contribution in [0.15, 0.2) is 72.8 Å². The second-order valence-corrected chi connectivity index (χ2v) is 12.2. The number of ether oxygens (including phenoxy) is 3. The quantitative estimate of drug-likeness (QED) is 0.119. The van der Waals surface area contributed by atoms with Crippen molar-refractivity contribution >= 4 is 30.0 Å². The Bertz CT molecular complexity index is 1330. The third-order valence-electron chi connectivity index (χ3n) is 6.39. The van der Waals surface area contributed by atoms with Crippen LogP contribution in [0.2, 0.25) is 0 Å². The Kier molecular flexibility index (Phi) is 16.0. The lowest BCUT2D eigenvalue weighted by Gasteiger charge is -2.26. The molecule has 12 heteroatoms. The molecule has 0 unspecified atom stereocenters. The van der Waals surface area contributed by atoms with E-state index in [4.69, 9.17) is 14.2 Å². The van der Waals surface area contributed by atoms with E-state index in [0.29, 0.717) is 0 Å². The van der Waals surface area contributed by atoms with Gasteiger partial charge in [0.2, 0.25) is 11.8 Å². The fourth-order valence-corrected chi connectivity index (χ4v) is 4.28. The molecule has 0 saturated heterocycles. The van der Waals surface area contributed by atoms with Crippen molar-refractivity contribution in [2.24, 2.45) is 5.92 Å². The molecule has 0 radical (unpaired) electrons. The van der Waals surface area contributed by atoms with Crippen LogP contribution in [0, 0.1) is 5.92 Å².